The molecule has 2 fully saturated rings. The fourth-order valence-corrected chi connectivity index (χ4v) is 4.68. The van der Waals surface area contributed by atoms with Crippen LogP contribution >= 0.6 is 11.3 Å². The van der Waals surface area contributed by atoms with Gasteiger partial charge in [-0.05, 0) is 44.2 Å². The maximum atomic E-state index is 5.84. The number of fused-ring (bicyclic) bond motifs is 3. The maximum Gasteiger partial charge on any atom is 0.223 e. The fourth-order valence-electron chi connectivity index (χ4n) is 3.91. The third-order valence-electron chi connectivity index (χ3n) is 5.02. The van der Waals surface area contributed by atoms with Crippen LogP contribution in [0.5, 0.6) is 0 Å². The Morgan fingerprint density at radius 1 is 1.29 bits per heavy atom. The molecule has 4 rings (SSSR count). The first-order valence-electron chi connectivity index (χ1n) is 7.70. The number of hydrogen-bond donors (Lipinski definition) is 2. The van der Waals surface area contributed by atoms with Gasteiger partial charge in [0.2, 0.25) is 5.95 Å². The van der Waals surface area contributed by atoms with Gasteiger partial charge in [0.1, 0.15) is 10.6 Å². The molecule has 2 bridgehead atoms. The number of nitrogens with zero attached hydrogens (tertiary/aromatic N) is 3. The van der Waals surface area contributed by atoms with Crippen molar-refractivity contribution < 1.29 is 0 Å². The SMILES string of the molecule is CN1C2CCCC1CC(Nc1nc(N)nc3sccc13)C2. The Balaban J connectivity index is 1.59. The predicted octanol–water partition coefficient (Wildman–Crippen LogP) is 2.70. The number of hydrogen-bond acceptors (Lipinski definition) is 6. The van der Waals surface area contributed by atoms with E-state index in [-0.39, 0.29) is 0 Å². The zero-order chi connectivity index (χ0) is 14.4. The Morgan fingerprint density at radius 3 is 2.81 bits per heavy atom. The van der Waals surface area contributed by atoms with Crippen molar-refractivity contribution in [3.63, 3.8) is 0 Å². The van der Waals surface area contributed by atoms with Crippen LogP contribution in [0.25, 0.3) is 10.2 Å². The Hall–Kier alpha value is -1.40. The molecule has 0 radical (unpaired) electrons. The Morgan fingerprint density at radius 2 is 2.05 bits per heavy atom. The summed E-state index contributed by atoms with van der Waals surface area (Å²) in [7, 11) is 2.28. The largest absolute Gasteiger partial charge is 0.368 e. The first-order valence-corrected chi connectivity index (χ1v) is 8.58. The summed E-state index contributed by atoms with van der Waals surface area (Å²) < 4.78 is 0. The van der Waals surface area contributed by atoms with E-state index in [1.54, 1.807) is 11.3 Å². The summed E-state index contributed by atoms with van der Waals surface area (Å²) >= 11 is 1.62. The van der Waals surface area contributed by atoms with Gasteiger partial charge in [0.05, 0.1) is 5.39 Å². The molecular formula is C15H21N5S. The molecular weight excluding hydrogens is 282 g/mol. The van der Waals surface area contributed by atoms with Gasteiger partial charge in [-0.15, -0.1) is 11.3 Å². The van der Waals surface area contributed by atoms with E-state index in [4.69, 9.17) is 5.73 Å². The molecule has 2 atom stereocenters. The fraction of sp³-hybridized carbons (Fsp3) is 0.600. The van der Waals surface area contributed by atoms with Crippen LogP contribution in [0.15, 0.2) is 11.4 Å². The second kappa shape index (κ2) is 5.10. The lowest BCUT2D eigenvalue weighted by Crippen LogP contribution is -2.52. The standard InChI is InChI=1S/C15H21N5S/c1-20-10-3-2-4-11(20)8-9(7-10)17-13-12-5-6-21-14(12)19-15(16)18-13/h5-6,9-11H,2-4,7-8H2,1H3,(H3,16,17,18,19). The first kappa shape index (κ1) is 13.3. The van der Waals surface area contributed by atoms with Crippen LogP contribution in [-0.4, -0.2) is 40.0 Å². The Bertz CT molecular complexity index is 641. The molecule has 2 aromatic heterocycles. The second-order valence-corrected chi connectivity index (χ2v) is 7.18. The van der Waals surface area contributed by atoms with Crippen LogP contribution in [0.3, 0.4) is 0 Å². The van der Waals surface area contributed by atoms with E-state index in [0.29, 0.717) is 24.1 Å². The third-order valence-corrected chi connectivity index (χ3v) is 5.83. The van der Waals surface area contributed by atoms with Crippen LogP contribution in [-0.2, 0) is 0 Å². The van der Waals surface area contributed by atoms with E-state index in [2.05, 4.69) is 33.3 Å². The van der Waals surface area contributed by atoms with Crippen molar-refractivity contribution in [3.05, 3.63) is 11.4 Å². The number of rotatable bonds is 2. The van der Waals surface area contributed by atoms with Crippen molar-refractivity contribution in [3.8, 4) is 0 Å². The average Bonchev–Trinajstić information content (AvgIpc) is 2.88. The van der Waals surface area contributed by atoms with Crippen LogP contribution in [0.2, 0.25) is 0 Å². The summed E-state index contributed by atoms with van der Waals surface area (Å²) in [6.45, 7) is 0. The van der Waals surface area contributed by atoms with Gasteiger partial charge in [-0.1, -0.05) is 6.42 Å². The highest BCUT2D eigenvalue weighted by atomic mass is 32.1. The molecule has 0 saturated carbocycles. The molecule has 0 spiro atoms. The minimum absolute atomic E-state index is 0.362. The number of nitrogens with two attached hydrogens (primary N) is 1. The van der Waals surface area contributed by atoms with Crippen LogP contribution in [0.4, 0.5) is 11.8 Å². The molecule has 2 aromatic rings. The molecule has 3 N–H and O–H groups in total. The number of piperidine rings is 2. The summed E-state index contributed by atoms with van der Waals surface area (Å²) in [5.41, 5.74) is 5.84. The predicted molar refractivity (Wildman–Crippen MR) is 87.7 cm³/mol. The van der Waals surface area contributed by atoms with Crippen molar-refractivity contribution in [1.29, 1.82) is 0 Å². The molecule has 2 saturated heterocycles. The van der Waals surface area contributed by atoms with E-state index in [0.717, 1.165) is 16.0 Å². The van der Waals surface area contributed by atoms with Crippen LogP contribution in [0.1, 0.15) is 32.1 Å². The smallest absolute Gasteiger partial charge is 0.223 e. The van der Waals surface area contributed by atoms with Crippen molar-refractivity contribution in [2.45, 2.75) is 50.2 Å². The topological polar surface area (TPSA) is 67.1 Å². The lowest BCUT2D eigenvalue weighted by atomic mass is 9.82. The number of nitrogen functional groups attached to an aromatic ring is 1. The van der Waals surface area contributed by atoms with Gasteiger partial charge in [-0.25, -0.2) is 4.98 Å². The molecule has 0 aliphatic carbocycles. The minimum atomic E-state index is 0.362. The van der Waals surface area contributed by atoms with Gasteiger partial charge in [0.15, 0.2) is 0 Å². The lowest BCUT2D eigenvalue weighted by Gasteiger charge is -2.47. The second-order valence-electron chi connectivity index (χ2n) is 6.29. The van der Waals surface area contributed by atoms with Crippen LogP contribution in [0, 0.1) is 0 Å². The van der Waals surface area contributed by atoms with E-state index in [1.807, 2.05) is 5.38 Å². The summed E-state index contributed by atoms with van der Waals surface area (Å²) in [6.07, 6.45) is 6.42. The van der Waals surface area contributed by atoms with Gasteiger partial charge in [-0.2, -0.15) is 4.98 Å². The number of nitrogens with one attached hydrogen (secondary N) is 1. The van der Waals surface area contributed by atoms with Gasteiger partial charge >= 0.3 is 0 Å². The normalized spacial score (nSPS) is 29.7. The zero-order valence-corrected chi connectivity index (χ0v) is 13.1. The van der Waals surface area contributed by atoms with E-state index >= 15 is 0 Å². The average molecular weight is 303 g/mol. The maximum absolute atomic E-state index is 5.84. The van der Waals surface area contributed by atoms with Crippen molar-refractivity contribution in [2.75, 3.05) is 18.1 Å². The number of anilines is 2. The van der Waals surface area contributed by atoms with Crippen molar-refractivity contribution in [2.24, 2.45) is 0 Å². The molecule has 0 amide bonds. The molecule has 5 nitrogen and oxygen atoms in total. The van der Waals surface area contributed by atoms with Gasteiger partial charge < -0.3 is 16.0 Å². The van der Waals surface area contributed by atoms with E-state index in [9.17, 15) is 0 Å². The number of thiophene rings is 1. The summed E-state index contributed by atoms with van der Waals surface area (Å²) in [5, 5.41) is 6.79. The van der Waals surface area contributed by atoms with Gasteiger partial charge in [-0.3, -0.25) is 0 Å². The van der Waals surface area contributed by atoms with E-state index in [1.165, 1.54) is 32.1 Å². The third kappa shape index (κ3) is 2.36. The highest BCUT2D eigenvalue weighted by Gasteiger charge is 2.36. The lowest BCUT2D eigenvalue weighted by molar-refractivity contribution is 0.0608. The molecule has 21 heavy (non-hydrogen) atoms. The monoisotopic (exact) mass is 303 g/mol. The minimum Gasteiger partial charge on any atom is -0.368 e. The molecule has 2 aliphatic rings. The Kier molecular flexibility index (Phi) is 3.23. The Labute approximate surface area is 128 Å². The summed E-state index contributed by atoms with van der Waals surface area (Å²) in [4.78, 5) is 12.3. The zero-order valence-electron chi connectivity index (χ0n) is 12.2. The summed E-state index contributed by atoms with van der Waals surface area (Å²) in [5.74, 6) is 1.27. The highest BCUT2D eigenvalue weighted by Crippen LogP contribution is 2.35. The number of aromatic nitrogens is 2. The van der Waals surface area contributed by atoms with Gasteiger partial charge in [0, 0.05) is 18.1 Å². The summed E-state index contributed by atoms with van der Waals surface area (Å²) in [6, 6.07) is 4.01. The van der Waals surface area contributed by atoms with Crippen LogP contribution < -0.4 is 11.1 Å². The molecule has 2 aliphatic heterocycles. The first-order chi connectivity index (χ1) is 10.2. The van der Waals surface area contributed by atoms with Crippen molar-refractivity contribution >= 4 is 33.3 Å². The van der Waals surface area contributed by atoms with Crippen molar-refractivity contribution in [1.82, 2.24) is 14.9 Å². The molecule has 112 valence electrons. The molecule has 4 heterocycles. The molecule has 0 aromatic carbocycles. The quantitative estimate of drug-likeness (QED) is 0.893. The molecule has 6 heteroatoms. The van der Waals surface area contributed by atoms with Gasteiger partial charge in [0.25, 0.3) is 0 Å². The molecule has 2 unspecified atom stereocenters. The van der Waals surface area contributed by atoms with E-state index < -0.39 is 0 Å². The highest BCUT2D eigenvalue weighted by molar-refractivity contribution is 7.16.